The molecule has 5 nitrogen and oxygen atoms in total. The van der Waals surface area contributed by atoms with E-state index < -0.39 is 0 Å². The van der Waals surface area contributed by atoms with Gasteiger partial charge in [0.05, 0.1) is 23.5 Å². The fraction of sp³-hybridized carbons (Fsp3) is 0.333. The van der Waals surface area contributed by atoms with Crippen molar-refractivity contribution in [3.05, 3.63) is 65.5 Å². The van der Waals surface area contributed by atoms with Crippen LogP contribution in [0.2, 0.25) is 0 Å². The van der Waals surface area contributed by atoms with Crippen LogP contribution >= 0.6 is 0 Å². The molecule has 0 spiro atoms. The van der Waals surface area contributed by atoms with Gasteiger partial charge in [-0.05, 0) is 41.2 Å². The molecular formula is C21H24N4O. The Kier molecular flexibility index (Phi) is 4.47. The predicted octanol–water partition coefficient (Wildman–Crippen LogP) is 3.05. The highest BCUT2D eigenvalue weighted by atomic mass is 16.1. The Bertz CT molecular complexity index is 946. The minimum atomic E-state index is -0.219. The molecule has 0 saturated carbocycles. The van der Waals surface area contributed by atoms with E-state index in [2.05, 4.69) is 41.6 Å². The normalized spacial score (nSPS) is 17.7. The molecule has 0 fully saturated rings. The number of hydrogen-bond acceptors (Lipinski definition) is 3. The standard InChI is InChI=1S/C21H24N4O/c1-14-8-9-25-20(10-14)18(13-23-25)21(26)24-19(12-22)17-7-6-15-4-2-3-5-16(15)11-17/h2-7,11,13-14,19H,8-10,12,22H2,1H3,(H,24,26). The first-order valence-electron chi connectivity index (χ1n) is 9.20. The molecule has 0 saturated heterocycles. The van der Waals surface area contributed by atoms with Gasteiger partial charge in [-0.2, -0.15) is 5.10 Å². The summed E-state index contributed by atoms with van der Waals surface area (Å²) in [6.45, 7) is 3.45. The van der Waals surface area contributed by atoms with E-state index in [-0.39, 0.29) is 11.9 Å². The van der Waals surface area contributed by atoms with Crippen molar-refractivity contribution in [3.8, 4) is 0 Å². The summed E-state index contributed by atoms with van der Waals surface area (Å²) in [6, 6.07) is 14.2. The van der Waals surface area contributed by atoms with Gasteiger partial charge in [-0.15, -0.1) is 0 Å². The van der Waals surface area contributed by atoms with Crippen molar-refractivity contribution in [2.75, 3.05) is 6.54 Å². The summed E-state index contributed by atoms with van der Waals surface area (Å²) in [5.74, 6) is 0.487. The lowest BCUT2D eigenvalue weighted by Crippen LogP contribution is -2.34. The van der Waals surface area contributed by atoms with Crippen molar-refractivity contribution < 1.29 is 4.79 Å². The van der Waals surface area contributed by atoms with Gasteiger partial charge in [0.25, 0.3) is 5.91 Å². The van der Waals surface area contributed by atoms with Gasteiger partial charge >= 0.3 is 0 Å². The Morgan fingerprint density at radius 2 is 2.12 bits per heavy atom. The zero-order valence-electron chi connectivity index (χ0n) is 15.0. The number of benzene rings is 2. The van der Waals surface area contributed by atoms with E-state index in [1.54, 1.807) is 6.20 Å². The molecule has 5 heteroatoms. The van der Waals surface area contributed by atoms with Crippen molar-refractivity contribution in [1.29, 1.82) is 0 Å². The van der Waals surface area contributed by atoms with E-state index in [0.29, 0.717) is 18.0 Å². The van der Waals surface area contributed by atoms with Crippen LogP contribution in [0.15, 0.2) is 48.7 Å². The minimum Gasteiger partial charge on any atom is -0.344 e. The lowest BCUT2D eigenvalue weighted by molar-refractivity contribution is 0.0936. The second kappa shape index (κ2) is 6.92. The van der Waals surface area contributed by atoms with Crippen molar-refractivity contribution in [1.82, 2.24) is 15.1 Å². The molecule has 26 heavy (non-hydrogen) atoms. The number of nitrogens with two attached hydrogens (primary N) is 1. The van der Waals surface area contributed by atoms with Crippen LogP contribution in [0.25, 0.3) is 10.8 Å². The topological polar surface area (TPSA) is 72.9 Å². The van der Waals surface area contributed by atoms with E-state index in [4.69, 9.17) is 5.73 Å². The van der Waals surface area contributed by atoms with Crippen LogP contribution in [-0.2, 0) is 13.0 Å². The van der Waals surface area contributed by atoms with Gasteiger partial charge in [0.1, 0.15) is 0 Å². The molecule has 4 rings (SSSR count). The lowest BCUT2D eigenvalue weighted by Gasteiger charge is -2.22. The van der Waals surface area contributed by atoms with E-state index in [1.807, 2.05) is 22.9 Å². The number of aromatic nitrogens is 2. The van der Waals surface area contributed by atoms with Gasteiger partial charge in [-0.1, -0.05) is 43.3 Å². The van der Waals surface area contributed by atoms with Crippen molar-refractivity contribution >= 4 is 16.7 Å². The average Bonchev–Trinajstić information content (AvgIpc) is 3.08. The van der Waals surface area contributed by atoms with Crippen LogP contribution in [0.4, 0.5) is 0 Å². The number of hydrogen-bond donors (Lipinski definition) is 2. The SMILES string of the molecule is CC1CCn2ncc(C(=O)NC(CN)c3ccc4ccccc4c3)c2C1. The number of amides is 1. The summed E-state index contributed by atoms with van der Waals surface area (Å²) in [4.78, 5) is 12.9. The third-order valence-electron chi connectivity index (χ3n) is 5.29. The third-order valence-corrected chi connectivity index (χ3v) is 5.29. The largest absolute Gasteiger partial charge is 0.344 e. The first-order chi connectivity index (χ1) is 12.7. The van der Waals surface area contributed by atoms with Gasteiger partial charge in [-0.3, -0.25) is 9.48 Å². The Labute approximate surface area is 153 Å². The van der Waals surface area contributed by atoms with Crippen LogP contribution in [-0.4, -0.2) is 22.2 Å². The van der Waals surface area contributed by atoms with E-state index in [0.717, 1.165) is 36.0 Å². The van der Waals surface area contributed by atoms with E-state index >= 15 is 0 Å². The zero-order valence-corrected chi connectivity index (χ0v) is 15.0. The number of carbonyl (C=O) groups is 1. The summed E-state index contributed by atoms with van der Waals surface area (Å²) in [5.41, 5.74) is 8.71. The first-order valence-corrected chi connectivity index (χ1v) is 9.20. The average molecular weight is 348 g/mol. The van der Waals surface area contributed by atoms with Crippen molar-refractivity contribution in [2.24, 2.45) is 11.7 Å². The number of fused-ring (bicyclic) bond motifs is 2. The summed E-state index contributed by atoms with van der Waals surface area (Å²) < 4.78 is 1.96. The van der Waals surface area contributed by atoms with Crippen LogP contribution in [0, 0.1) is 5.92 Å². The maximum absolute atomic E-state index is 12.9. The summed E-state index contributed by atoms with van der Waals surface area (Å²) in [7, 11) is 0. The fourth-order valence-electron chi connectivity index (χ4n) is 3.72. The highest BCUT2D eigenvalue weighted by Crippen LogP contribution is 2.24. The predicted molar refractivity (Wildman–Crippen MR) is 103 cm³/mol. The highest BCUT2D eigenvalue weighted by Gasteiger charge is 2.24. The Hall–Kier alpha value is -2.66. The fourth-order valence-corrected chi connectivity index (χ4v) is 3.72. The molecular weight excluding hydrogens is 324 g/mol. The molecule has 0 bridgehead atoms. The number of carbonyl (C=O) groups excluding carboxylic acids is 1. The van der Waals surface area contributed by atoms with Gasteiger partial charge < -0.3 is 11.1 Å². The first kappa shape index (κ1) is 16.8. The van der Waals surface area contributed by atoms with Crippen molar-refractivity contribution in [2.45, 2.75) is 32.4 Å². The third kappa shape index (κ3) is 3.10. The monoisotopic (exact) mass is 348 g/mol. The molecule has 3 N–H and O–H groups in total. The summed E-state index contributed by atoms with van der Waals surface area (Å²) in [5, 5.41) is 9.81. The molecule has 1 aromatic heterocycles. The van der Waals surface area contributed by atoms with Crippen LogP contribution in [0.5, 0.6) is 0 Å². The Morgan fingerprint density at radius 3 is 2.92 bits per heavy atom. The van der Waals surface area contributed by atoms with Gasteiger partial charge in [0.2, 0.25) is 0 Å². The molecule has 134 valence electrons. The van der Waals surface area contributed by atoms with Gasteiger partial charge in [-0.25, -0.2) is 0 Å². The molecule has 2 heterocycles. The second-order valence-electron chi connectivity index (χ2n) is 7.19. The molecule has 1 aliphatic heterocycles. The Morgan fingerprint density at radius 1 is 1.31 bits per heavy atom. The second-order valence-corrected chi connectivity index (χ2v) is 7.19. The number of nitrogens with zero attached hydrogens (tertiary/aromatic N) is 2. The molecule has 2 unspecified atom stereocenters. The van der Waals surface area contributed by atoms with E-state index in [9.17, 15) is 4.79 Å². The van der Waals surface area contributed by atoms with Crippen molar-refractivity contribution in [3.63, 3.8) is 0 Å². The number of nitrogens with one attached hydrogen (secondary N) is 1. The van der Waals surface area contributed by atoms with Crippen LogP contribution < -0.4 is 11.1 Å². The molecule has 2 aromatic carbocycles. The number of aryl methyl sites for hydroxylation is 1. The smallest absolute Gasteiger partial charge is 0.255 e. The zero-order chi connectivity index (χ0) is 18.1. The quantitative estimate of drug-likeness (QED) is 0.761. The maximum Gasteiger partial charge on any atom is 0.255 e. The lowest BCUT2D eigenvalue weighted by atomic mass is 9.96. The molecule has 1 aliphatic rings. The summed E-state index contributed by atoms with van der Waals surface area (Å²) >= 11 is 0. The molecule has 1 amide bonds. The Balaban J connectivity index is 1.58. The minimum absolute atomic E-state index is 0.0936. The maximum atomic E-state index is 12.9. The van der Waals surface area contributed by atoms with Gasteiger partial charge in [0.15, 0.2) is 0 Å². The van der Waals surface area contributed by atoms with Crippen LogP contribution in [0.1, 0.15) is 41.0 Å². The molecule has 0 radical (unpaired) electrons. The van der Waals surface area contributed by atoms with Gasteiger partial charge in [0, 0.05) is 13.1 Å². The molecule has 2 atom stereocenters. The highest BCUT2D eigenvalue weighted by molar-refractivity contribution is 5.95. The van der Waals surface area contributed by atoms with E-state index in [1.165, 1.54) is 5.39 Å². The summed E-state index contributed by atoms with van der Waals surface area (Å²) in [6.07, 6.45) is 3.70. The molecule has 0 aliphatic carbocycles. The number of rotatable bonds is 4. The van der Waals surface area contributed by atoms with Crippen LogP contribution in [0.3, 0.4) is 0 Å². The molecule has 3 aromatic rings.